The van der Waals surface area contributed by atoms with Crippen LogP contribution in [-0.4, -0.2) is 97.2 Å². The van der Waals surface area contributed by atoms with E-state index in [0.717, 1.165) is 48.5 Å². The van der Waals surface area contributed by atoms with Crippen molar-refractivity contribution in [2.24, 2.45) is 10.8 Å². The van der Waals surface area contributed by atoms with Gasteiger partial charge in [0.05, 0.1) is 29.9 Å². The summed E-state index contributed by atoms with van der Waals surface area (Å²) in [7, 11) is 0. The van der Waals surface area contributed by atoms with E-state index in [1.54, 1.807) is 0 Å². The minimum atomic E-state index is -0.913. The van der Waals surface area contributed by atoms with Gasteiger partial charge in [-0.15, -0.1) is 0 Å². The third-order valence-electron chi connectivity index (χ3n) is 13.3. The van der Waals surface area contributed by atoms with Gasteiger partial charge in [-0.25, -0.2) is 4.39 Å². The lowest BCUT2D eigenvalue weighted by atomic mass is 9.49. The Morgan fingerprint density at radius 1 is 0.968 bits per heavy atom. The molecule has 14 heteroatoms. The van der Waals surface area contributed by atoms with Crippen LogP contribution in [0.25, 0.3) is 0 Å². The molecule has 13 nitrogen and oxygen atoms in total. The Morgan fingerprint density at radius 3 is 2.27 bits per heavy atom. The SMILES string of the molecule is Cc1cc(O[C@H]2C(C)(C)[C@H](NC(=O)c3ccc(N4CCOC(CN(C(C)C)[C@H]5C[C@@H](Oc6ccc(F)c(C(=O)N[C@H]7CCC(=O)NC7=O)c6)C5)C4)cc3)C2(C)C)cc(C)c1C#N. The fourth-order valence-electron chi connectivity index (χ4n) is 10.1. The Morgan fingerprint density at radius 2 is 1.65 bits per heavy atom. The first-order chi connectivity index (χ1) is 29.3. The van der Waals surface area contributed by atoms with Crippen LogP contribution in [0.15, 0.2) is 54.6 Å². The van der Waals surface area contributed by atoms with Gasteiger partial charge >= 0.3 is 0 Å². The van der Waals surface area contributed by atoms with Crippen LogP contribution in [0.1, 0.15) is 105 Å². The number of carbonyl (C=O) groups excluding carboxylic acids is 4. The molecule has 2 aliphatic carbocycles. The van der Waals surface area contributed by atoms with Crippen LogP contribution in [0.4, 0.5) is 10.1 Å². The van der Waals surface area contributed by atoms with Crippen LogP contribution >= 0.6 is 0 Å². The van der Waals surface area contributed by atoms with E-state index in [9.17, 15) is 28.8 Å². The smallest absolute Gasteiger partial charge is 0.255 e. The van der Waals surface area contributed by atoms with Gasteiger partial charge in [0.2, 0.25) is 11.8 Å². The fraction of sp³-hybridized carbons (Fsp3) is 0.521. The van der Waals surface area contributed by atoms with E-state index < -0.39 is 29.6 Å². The molecule has 0 bridgehead atoms. The molecule has 3 N–H and O–H groups in total. The number of nitrogens with zero attached hydrogens (tertiary/aromatic N) is 3. The van der Waals surface area contributed by atoms with Gasteiger partial charge < -0.3 is 29.7 Å². The summed E-state index contributed by atoms with van der Waals surface area (Å²) in [6.07, 6.45) is 1.46. The topological polar surface area (TPSA) is 162 Å². The first kappa shape index (κ1) is 44.5. The molecule has 4 amide bonds. The van der Waals surface area contributed by atoms with Crippen LogP contribution in [0.2, 0.25) is 0 Å². The van der Waals surface area contributed by atoms with E-state index in [2.05, 4.69) is 73.4 Å². The Hall–Kier alpha value is -5.52. The van der Waals surface area contributed by atoms with Crippen LogP contribution in [0.3, 0.4) is 0 Å². The molecule has 0 spiro atoms. The van der Waals surface area contributed by atoms with E-state index >= 15 is 0 Å². The van der Waals surface area contributed by atoms with Crippen LogP contribution in [0.5, 0.6) is 11.5 Å². The van der Waals surface area contributed by atoms with Crippen molar-refractivity contribution in [2.45, 2.75) is 124 Å². The van der Waals surface area contributed by atoms with E-state index in [1.165, 1.54) is 18.2 Å². The predicted octanol–water partition coefficient (Wildman–Crippen LogP) is 5.99. The maximum Gasteiger partial charge on any atom is 0.255 e. The molecule has 0 radical (unpaired) electrons. The summed E-state index contributed by atoms with van der Waals surface area (Å²) in [5.41, 5.74) is 3.14. The van der Waals surface area contributed by atoms with Crippen molar-refractivity contribution in [3.63, 3.8) is 0 Å². The molecule has 2 saturated carbocycles. The van der Waals surface area contributed by atoms with Gasteiger partial charge in [-0.05, 0) is 99.8 Å². The average Bonchev–Trinajstić information content (AvgIpc) is 3.20. The largest absolute Gasteiger partial charge is 0.490 e. The summed E-state index contributed by atoms with van der Waals surface area (Å²) < 4.78 is 33.7. The molecule has 1 unspecified atom stereocenters. The van der Waals surface area contributed by atoms with Crippen LogP contribution in [0, 0.1) is 41.8 Å². The summed E-state index contributed by atoms with van der Waals surface area (Å²) in [6, 6.07) is 17.4. The first-order valence-corrected chi connectivity index (χ1v) is 21.7. The second-order valence-electron chi connectivity index (χ2n) is 18.9. The number of carbonyl (C=O) groups is 4. The number of halogens is 1. The summed E-state index contributed by atoms with van der Waals surface area (Å²) in [6.45, 7) is 19.4. The van der Waals surface area contributed by atoms with E-state index in [-0.39, 0.29) is 71.6 Å². The molecule has 62 heavy (non-hydrogen) atoms. The van der Waals surface area contributed by atoms with E-state index in [4.69, 9.17) is 14.2 Å². The Balaban J connectivity index is 0.899. The quantitative estimate of drug-likeness (QED) is 0.174. The molecule has 3 aromatic carbocycles. The lowest BCUT2D eigenvalue weighted by Crippen LogP contribution is -2.74. The van der Waals surface area contributed by atoms with Crippen molar-refractivity contribution < 1.29 is 37.8 Å². The third kappa shape index (κ3) is 9.15. The number of imide groups is 1. The van der Waals surface area contributed by atoms with Crippen LogP contribution < -0.4 is 30.3 Å². The highest BCUT2D eigenvalue weighted by molar-refractivity contribution is 6.04. The van der Waals surface area contributed by atoms with Gasteiger partial charge in [-0.3, -0.25) is 29.4 Å². The van der Waals surface area contributed by atoms with Crippen LogP contribution in [-0.2, 0) is 14.3 Å². The number of hydrogen-bond donors (Lipinski definition) is 3. The van der Waals surface area contributed by atoms with Crippen molar-refractivity contribution in [1.29, 1.82) is 5.26 Å². The predicted molar refractivity (Wildman–Crippen MR) is 232 cm³/mol. The van der Waals surface area contributed by atoms with Gasteiger partial charge in [-0.2, -0.15) is 5.26 Å². The Labute approximate surface area is 363 Å². The van der Waals surface area contributed by atoms with Crippen molar-refractivity contribution in [3.8, 4) is 17.6 Å². The molecular formula is C48H59FN6O7. The number of aryl methyl sites for hydroxylation is 2. The van der Waals surface area contributed by atoms with Gasteiger partial charge in [0.1, 0.15) is 35.6 Å². The van der Waals surface area contributed by atoms with Crippen molar-refractivity contribution in [2.75, 3.05) is 31.1 Å². The lowest BCUT2D eigenvalue weighted by Gasteiger charge is -2.63. The second kappa shape index (κ2) is 17.7. The van der Waals surface area contributed by atoms with Gasteiger partial charge in [0.25, 0.3) is 11.8 Å². The van der Waals surface area contributed by atoms with Crippen molar-refractivity contribution in [3.05, 3.63) is 88.2 Å². The number of nitrogens with one attached hydrogen (secondary N) is 3. The number of ether oxygens (including phenoxy) is 3. The minimum Gasteiger partial charge on any atom is -0.490 e. The number of piperidine rings is 1. The molecule has 330 valence electrons. The van der Waals surface area contributed by atoms with Crippen molar-refractivity contribution in [1.82, 2.24) is 20.9 Å². The molecule has 2 atom stereocenters. The molecule has 4 aliphatic rings. The summed E-state index contributed by atoms with van der Waals surface area (Å²) >= 11 is 0. The van der Waals surface area contributed by atoms with Gasteiger partial charge in [0, 0.05) is 79.1 Å². The zero-order valence-corrected chi connectivity index (χ0v) is 37.0. The minimum absolute atomic E-state index is 0.0352. The summed E-state index contributed by atoms with van der Waals surface area (Å²) in [5, 5.41) is 17.5. The number of rotatable bonds is 13. The summed E-state index contributed by atoms with van der Waals surface area (Å²) in [4.78, 5) is 54.9. The van der Waals surface area contributed by atoms with E-state index in [1.807, 2.05) is 50.2 Å². The number of anilines is 1. The zero-order valence-electron chi connectivity index (χ0n) is 37.0. The zero-order chi connectivity index (χ0) is 44.7. The maximum absolute atomic E-state index is 14.7. The molecular weight excluding hydrogens is 792 g/mol. The normalized spacial score (nSPS) is 25.2. The number of nitriles is 1. The monoisotopic (exact) mass is 850 g/mol. The Kier molecular flexibility index (Phi) is 12.7. The molecule has 7 rings (SSSR count). The number of morpholine rings is 1. The standard InChI is InChI=1S/C48H59FN6O7/c1-27(2)55(32-21-35(22-32)61-33-13-14-39(49)37(23-33)43(58)51-40-15-16-41(56)52-44(40)59)26-36-25-54(17-18-60-36)31-11-9-30(10-12-31)42(57)53-45-47(5,6)46(48(45,7)8)62-34-19-28(3)38(24-50)29(4)20-34/h9-14,19-20,23,27,32,35-36,40,45-46H,15-18,21-22,25-26H2,1-8H3,(H,51,58)(H,53,57)(H,52,56,59)/t32-,35+,36?,40-,45-,46-/m0/s1. The fourth-order valence-corrected chi connectivity index (χ4v) is 10.1. The first-order valence-electron chi connectivity index (χ1n) is 21.7. The lowest BCUT2D eigenvalue weighted by molar-refractivity contribution is -0.164. The molecule has 0 aromatic heterocycles. The Bertz CT molecular complexity index is 2210. The maximum atomic E-state index is 14.7. The molecule has 3 aromatic rings. The molecule has 2 heterocycles. The van der Waals surface area contributed by atoms with Gasteiger partial charge in [-0.1, -0.05) is 27.7 Å². The highest BCUT2D eigenvalue weighted by Gasteiger charge is 2.64. The number of hydrogen-bond acceptors (Lipinski definition) is 10. The molecule has 4 fully saturated rings. The second-order valence-corrected chi connectivity index (χ2v) is 18.9. The van der Waals surface area contributed by atoms with Crippen molar-refractivity contribution >= 4 is 29.3 Å². The third-order valence-corrected chi connectivity index (χ3v) is 13.3. The highest BCUT2D eigenvalue weighted by atomic mass is 19.1. The highest BCUT2D eigenvalue weighted by Crippen LogP contribution is 2.55. The van der Waals surface area contributed by atoms with E-state index in [0.29, 0.717) is 30.0 Å². The molecule has 2 saturated heterocycles. The van der Waals surface area contributed by atoms with Gasteiger partial charge in [0.15, 0.2) is 0 Å². The number of benzene rings is 3. The molecule has 2 aliphatic heterocycles. The summed E-state index contributed by atoms with van der Waals surface area (Å²) in [5.74, 6) is -1.51. The number of amides is 4. The average molecular weight is 851 g/mol.